The number of halogens is 1. The minimum absolute atomic E-state index is 0.152. The molecule has 2 N–H and O–H groups in total. The second-order valence-corrected chi connectivity index (χ2v) is 5.25. The maximum absolute atomic E-state index is 12.3. The third-order valence-electron chi connectivity index (χ3n) is 2.66. The minimum Gasteiger partial charge on any atom is -0.489 e. The molecule has 0 saturated heterocycles. The first-order valence-corrected chi connectivity index (χ1v) is 7.40. The fraction of sp³-hybridized carbons (Fsp3) is 0.0714. The fourth-order valence-electron chi connectivity index (χ4n) is 1.64. The van der Waals surface area contributed by atoms with Crippen LogP contribution in [-0.2, 0) is 17.1 Å². The summed E-state index contributed by atoms with van der Waals surface area (Å²) >= 11 is 0. The van der Waals surface area contributed by atoms with Crippen molar-refractivity contribution >= 4 is 16.4 Å². The van der Waals surface area contributed by atoms with E-state index in [1.807, 2.05) is 0 Å². The highest BCUT2D eigenvalue weighted by molar-refractivity contribution is 7.81. The lowest BCUT2D eigenvalue weighted by atomic mass is 10.1. The summed E-state index contributed by atoms with van der Waals surface area (Å²) in [7, 11) is -5.03. The molecule has 0 aliphatic heterocycles. The average Bonchev–Trinajstić information content (AvgIpc) is 2.45. The number of rotatable bonds is 6. The van der Waals surface area contributed by atoms with E-state index in [9.17, 15) is 17.1 Å². The number of hydrogen-bond acceptors (Lipinski definition) is 5. The summed E-state index contributed by atoms with van der Waals surface area (Å²) in [5.41, 5.74) is 6.35. The molecule has 8 heteroatoms. The summed E-state index contributed by atoms with van der Waals surface area (Å²) < 4.78 is 42.5. The van der Waals surface area contributed by atoms with E-state index in [4.69, 9.17) is 10.5 Å². The molecule has 22 heavy (non-hydrogen) atoms. The lowest BCUT2D eigenvalue weighted by Crippen LogP contribution is -2.10. The minimum atomic E-state index is -5.03. The van der Waals surface area contributed by atoms with E-state index in [0.717, 1.165) is 5.56 Å². The molecule has 2 aromatic carbocycles. The molecule has 0 spiro atoms. The van der Waals surface area contributed by atoms with E-state index in [1.165, 1.54) is 24.3 Å². The van der Waals surface area contributed by atoms with Crippen LogP contribution in [0.15, 0.2) is 48.5 Å². The molecule has 0 fully saturated rings. The van der Waals surface area contributed by atoms with Gasteiger partial charge in [0.1, 0.15) is 18.1 Å². The zero-order valence-corrected chi connectivity index (χ0v) is 12.0. The SMILES string of the molecule is NC(=O)c1ccc(COc2ccc(OS(=O)(=O)F)cc2)cc1. The molecule has 0 heterocycles. The van der Waals surface area contributed by atoms with E-state index in [0.29, 0.717) is 11.3 Å². The predicted molar refractivity (Wildman–Crippen MR) is 76.4 cm³/mol. The monoisotopic (exact) mass is 325 g/mol. The Morgan fingerprint density at radius 3 is 2.05 bits per heavy atom. The van der Waals surface area contributed by atoms with E-state index >= 15 is 0 Å². The zero-order valence-electron chi connectivity index (χ0n) is 11.2. The molecule has 0 saturated carbocycles. The Kier molecular flexibility index (Phi) is 4.62. The van der Waals surface area contributed by atoms with Gasteiger partial charge in [-0.15, -0.1) is 0 Å². The second kappa shape index (κ2) is 6.44. The van der Waals surface area contributed by atoms with Gasteiger partial charge in [0.25, 0.3) is 0 Å². The number of nitrogens with two attached hydrogens (primary N) is 1. The van der Waals surface area contributed by atoms with E-state index < -0.39 is 16.4 Å². The average molecular weight is 325 g/mol. The van der Waals surface area contributed by atoms with Gasteiger partial charge in [-0.25, -0.2) is 0 Å². The van der Waals surface area contributed by atoms with Crippen molar-refractivity contribution < 1.29 is 26.0 Å². The Morgan fingerprint density at radius 2 is 1.55 bits per heavy atom. The number of carbonyl (C=O) groups excluding carboxylic acids is 1. The van der Waals surface area contributed by atoms with Gasteiger partial charge in [-0.1, -0.05) is 16.0 Å². The zero-order chi connectivity index (χ0) is 16.2. The van der Waals surface area contributed by atoms with Crippen LogP contribution in [0.3, 0.4) is 0 Å². The van der Waals surface area contributed by atoms with Gasteiger partial charge in [0.05, 0.1) is 0 Å². The van der Waals surface area contributed by atoms with Crippen molar-refractivity contribution in [2.75, 3.05) is 0 Å². The van der Waals surface area contributed by atoms with Crippen molar-refractivity contribution in [1.29, 1.82) is 0 Å². The highest BCUT2D eigenvalue weighted by Gasteiger charge is 2.09. The topological polar surface area (TPSA) is 95.7 Å². The van der Waals surface area contributed by atoms with Gasteiger partial charge < -0.3 is 14.7 Å². The Balaban J connectivity index is 1.95. The van der Waals surface area contributed by atoms with E-state index in [-0.39, 0.29) is 12.4 Å². The highest BCUT2D eigenvalue weighted by atomic mass is 32.3. The van der Waals surface area contributed by atoms with Gasteiger partial charge in [0.15, 0.2) is 0 Å². The van der Waals surface area contributed by atoms with Crippen LogP contribution in [0.5, 0.6) is 11.5 Å². The van der Waals surface area contributed by atoms with Crippen molar-refractivity contribution in [3.05, 3.63) is 59.7 Å². The van der Waals surface area contributed by atoms with Gasteiger partial charge >= 0.3 is 10.5 Å². The number of hydrogen-bond donors (Lipinski definition) is 1. The smallest absolute Gasteiger partial charge is 0.488 e. The summed E-state index contributed by atoms with van der Waals surface area (Å²) in [6.45, 7) is 0.237. The van der Waals surface area contributed by atoms with Crippen LogP contribution in [0.25, 0.3) is 0 Å². The lowest BCUT2D eigenvalue weighted by molar-refractivity contribution is 0.1000. The van der Waals surface area contributed by atoms with Crippen LogP contribution in [0.2, 0.25) is 0 Å². The molecule has 2 rings (SSSR count). The number of amides is 1. The predicted octanol–water partition coefficient (Wildman–Crippen LogP) is 1.96. The molecule has 0 bridgehead atoms. The number of carbonyl (C=O) groups is 1. The van der Waals surface area contributed by atoms with Crippen molar-refractivity contribution in [2.45, 2.75) is 6.61 Å². The number of ether oxygens (including phenoxy) is 1. The van der Waals surface area contributed by atoms with Crippen molar-refractivity contribution in [2.24, 2.45) is 5.73 Å². The number of primary amides is 1. The van der Waals surface area contributed by atoms with E-state index in [1.54, 1.807) is 24.3 Å². The third kappa shape index (κ3) is 4.74. The second-order valence-electron chi connectivity index (χ2n) is 4.30. The van der Waals surface area contributed by atoms with Crippen LogP contribution < -0.4 is 14.7 Å². The highest BCUT2D eigenvalue weighted by Crippen LogP contribution is 2.20. The van der Waals surface area contributed by atoms with Gasteiger partial charge in [0, 0.05) is 5.56 Å². The number of benzene rings is 2. The summed E-state index contributed by atoms with van der Waals surface area (Å²) in [6, 6.07) is 12.0. The van der Waals surface area contributed by atoms with Crippen molar-refractivity contribution in [3.63, 3.8) is 0 Å². The largest absolute Gasteiger partial charge is 0.489 e. The molecule has 0 radical (unpaired) electrons. The van der Waals surface area contributed by atoms with Crippen LogP contribution in [0, 0.1) is 0 Å². The molecule has 116 valence electrons. The van der Waals surface area contributed by atoms with E-state index in [2.05, 4.69) is 4.18 Å². The molecule has 0 unspecified atom stereocenters. The third-order valence-corrected chi connectivity index (χ3v) is 3.05. The Hall–Kier alpha value is -2.61. The van der Waals surface area contributed by atoms with Gasteiger partial charge in [-0.05, 0) is 42.0 Å². The van der Waals surface area contributed by atoms with Gasteiger partial charge in [0.2, 0.25) is 5.91 Å². The van der Waals surface area contributed by atoms with Gasteiger partial charge in [-0.2, -0.15) is 8.42 Å². The van der Waals surface area contributed by atoms with Crippen molar-refractivity contribution in [3.8, 4) is 11.5 Å². The first-order valence-electron chi connectivity index (χ1n) is 6.09. The summed E-state index contributed by atoms with van der Waals surface area (Å²) in [4.78, 5) is 10.9. The molecule has 0 atom stereocenters. The quantitative estimate of drug-likeness (QED) is 0.819. The van der Waals surface area contributed by atoms with Crippen LogP contribution in [0.4, 0.5) is 3.89 Å². The molecule has 0 aromatic heterocycles. The Bertz CT molecular complexity index is 757. The summed E-state index contributed by atoms with van der Waals surface area (Å²) in [6.07, 6.45) is 0. The maximum atomic E-state index is 12.3. The lowest BCUT2D eigenvalue weighted by Gasteiger charge is -2.07. The normalized spacial score (nSPS) is 11.0. The maximum Gasteiger partial charge on any atom is 0.488 e. The van der Waals surface area contributed by atoms with Gasteiger partial charge in [-0.3, -0.25) is 4.79 Å². The molecular formula is C14H12FNO5S. The van der Waals surface area contributed by atoms with Crippen LogP contribution in [-0.4, -0.2) is 14.3 Å². The fourth-order valence-corrected chi connectivity index (χ4v) is 1.98. The molecular weight excluding hydrogens is 313 g/mol. The molecule has 1 amide bonds. The summed E-state index contributed by atoms with van der Waals surface area (Å²) in [5, 5.41) is 0. The standard InChI is InChI=1S/C14H12FNO5S/c15-22(18,19)21-13-7-5-12(6-8-13)20-9-10-1-3-11(4-2-10)14(16)17/h1-8H,9H2,(H2,16,17). The molecule has 0 aliphatic carbocycles. The Morgan fingerprint density at radius 1 is 1.00 bits per heavy atom. The first-order chi connectivity index (χ1) is 10.3. The Labute approximate surface area is 126 Å². The molecule has 2 aromatic rings. The first kappa shape index (κ1) is 15.8. The van der Waals surface area contributed by atoms with Crippen LogP contribution >= 0.6 is 0 Å². The summed E-state index contributed by atoms with van der Waals surface area (Å²) in [5.74, 6) is -0.214. The molecule has 6 nitrogen and oxygen atoms in total. The molecule has 0 aliphatic rings. The van der Waals surface area contributed by atoms with Crippen molar-refractivity contribution in [1.82, 2.24) is 0 Å². The van der Waals surface area contributed by atoms with Crippen LogP contribution in [0.1, 0.15) is 15.9 Å².